The fourth-order valence-corrected chi connectivity index (χ4v) is 4.97. The maximum Gasteiger partial charge on any atom is 0.115 e. The van der Waals surface area contributed by atoms with Gasteiger partial charge < -0.3 is 10.2 Å². The summed E-state index contributed by atoms with van der Waals surface area (Å²) in [5.74, 6) is 1.03. The van der Waals surface area contributed by atoms with Gasteiger partial charge >= 0.3 is 0 Å². The molecule has 2 saturated carbocycles. The van der Waals surface area contributed by atoms with Crippen molar-refractivity contribution in [2.75, 3.05) is 0 Å². The van der Waals surface area contributed by atoms with E-state index in [2.05, 4.69) is 0 Å². The van der Waals surface area contributed by atoms with Crippen LogP contribution in [-0.2, 0) is 6.42 Å². The normalized spacial score (nSPS) is 51.1. The number of fused-ring (bicyclic) bond motifs is 5. The van der Waals surface area contributed by atoms with Crippen LogP contribution >= 0.6 is 0 Å². The first-order chi connectivity index (χ1) is 10.7. The summed E-state index contributed by atoms with van der Waals surface area (Å²) in [7, 11) is 0. The van der Waals surface area contributed by atoms with Gasteiger partial charge in [-0.1, -0.05) is 13.0 Å². The Bertz CT molecular complexity index is 658. The average Bonchev–Trinajstić information content (AvgIpc) is 2.62. The summed E-state index contributed by atoms with van der Waals surface area (Å²) in [5, 5.41) is 20.4. The Hall–Kier alpha value is -1.02. The third-order valence-corrected chi connectivity index (χ3v) is 6.13. The Morgan fingerprint density at radius 3 is 3.05 bits per heavy atom. The number of rotatable bonds is 0. The minimum absolute atomic E-state index is 0.0423. The van der Waals surface area contributed by atoms with Crippen LogP contribution < -0.4 is 0 Å². The van der Waals surface area contributed by atoms with E-state index in [1.165, 1.54) is 11.1 Å². The molecule has 20 heavy (non-hydrogen) atoms. The second-order valence-electron chi connectivity index (χ2n) is 6.98. The molecule has 0 unspecified atom stereocenters. The fraction of sp³-hybridized carbons (Fsp3) is 0.667. The van der Waals surface area contributed by atoms with Crippen molar-refractivity contribution in [3.05, 3.63) is 29.3 Å². The fourth-order valence-electron chi connectivity index (χ4n) is 4.97. The minimum Gasteiger partial charge on any atom is -0.508 e. The molecule has 0 amide bonds. The van der Waals surface area contributed by atoms with Gasteiger partial charge in [0.25, 0.3) is 0 Å². The molecule has 0 bridgehead atoms. The molecule has 2 N–H and O–H groups in total. The van der Waals surface area contributed by atoms with Crippen molar-refractivity contribution in [3.63, 3.8) is 0 Å². The third-order valence-electron chi connectivity index (χ3n) is 6.13. The maximum atomic E-state index is 10.7. The highest BCUT2D eigenvalue weighted by Gasteiger charge is 2.54. The monoisotopic (exact) mass is 275 g/mol. The van der Waals surface area contributed by atoms with Crippen LogP contribution in [0.5, 0.6) is 5.75 Å². The maximum absolute atomic E-state index is 10.7. The second-order valence-corrected chi connectivity index (χ2v) is 6.98. The molecule has 0 aliphatic heterocycles. The van der Waals surface area contributed by atoms with Gasteiger partial charge in [-0.25, -0.2) is 0 Å². The lowest BCUT2D eigenvalue weighted by atomic mass is 9.55. The van der Waals surface area contributed by atoms with Gasteiger partial charge in [0.05, 0.1) is 7.45 Å². The van der Waals surface area contributed by atoms with Gasteiger partial charge in [-0.3, -0.25) is 0 Å². The van der Waals surface area contributed by atoms with E-state index >= 15 is 0 Å². The molecule has 108 valence electrons. The van der Waals surface area contributed by atoms with Gasteiger partial charge in [-0.15, -0.1) is 0 Å². The first-order valence-corrected chi connectivity index (χ1v) is 7.71. The Kier molecular flexibility index (Phi) is 2.08. The topological polar surface area (TPSA) is 40.5 Å². The molecule has 2 nitrogen and oxygen atoms in total. The van der Waals surface area contributed by atoms with E-state index in [0.29, 0.717) is 24.0 Å². The largest absolute Gasteiger partial charge is 0.508 e. The Balaban J connectivity index is 1.75. The van der Waals surface area contributed by atoms with E-state index in [1.807, 2.05) is 19.1 Å². The van der Waals surface area contributed by atoms with Gasteiger partial charge in [-0.05, 0) is 84.9 Å². The summed E-state index contributed by atoms with van der Waals surface area (Å²) in [5.41, 5.74) is 1.81. The van der Waals surface area contributed by atoms with Crippen LogP contribution in [0.3, 0.4) is 0 Å². The van der Waals surface area contributed by atoms with Crippen LogP contribution in [0, 0.1) is 17.3 Å². The molecule has 3 aliphatic carbocycles. The molecular weight excluding hydrogens is 248 g/mol. The number of benzene rings is 1. The zero-order chi connectivity index (χ0) is 16.6. The Morgan fingerprint density at radius 2 is 2.20 bits per heavy atom. The van der Waals surface area contributed by atoms with Gasteiger partial charge in [0.1, 0.15) is 5.75 Å². The molecule has 0 heterocycles. The smallest absolute Gasteiger partial charge is 0.115 e. The highest BCUT2D eigenvalue weighted by atomic mass is 16.3. The molecule has 1 aromatic carbocycles. The van der Waals surface area contributed by atoms with Crippen LogP contribution in [0.1, 0.15) is 60.1 Å². The minimum atomic E-state index is -2.01. The van der Waals surface area contributed by atoms with E-state index in [0.717, 1.165) is 19.3 Å². The standard InChI is InChI=1S/C18H24O2/c1-18-9-8-14-13-5-3-12(19)10-11(13)2-4-15(14)16(18)6-7-17(18)20/h3,5,10,14-17,19-20H,2,4,6-9H2,1H3/t14-,15+,16+,17+,18-/m0/s1/i7D2,17D. The van der Waals surface area contributed by atoms with Crippen LogP contribution in [-0.4, -0.2) is 16.3 Å². The molecule has 0 saturated heterocycles. The summed E-state index contributed by atoms with van der Waals surface area (Å²) in [6, 6.07) is 5.61. The van der Waals surface area contributed by atoms with Crippen molar-refractivity contribution in [2.45, 2.75) is 57.4 Å². The van der Waals surface area contributed by atoms with Gasteiger partial charge in [0.2, 0.25) is 0 Å². The number of hydrogen-bond acceptors (Lipinski definition) is 2. The lowest BCUT2D eigenvalue weighted by molar-refractivity contribution is -0.0226. The Labute approximate surface area is 125 Å². The molecule has 3 aliphatic rings. The van der Waals surface area contributed by atoms with Gasteiger partial charge in [-0.2, -0.15) is 0 Å². The average molecular weight is 275 g/mol. The van der Waals surface area contributed by atoms with E-state index in [1.54, 1.807) is 6.07 Å². The van der Waals surface area contributed by atoms with Crippen molar-refractivity contribution in [3.8, 4) is 5.75 Å². The number of phenols is 1. The van der Waals surface area contributed by atoms with Crippen molar-refractivity contribution in [1.29, 1.82) is 0 Å². The zero-order valence-corrected chi connectivity index (χ0v) is 11.9. The SMILES string of the molecule is [2H]C1([2H])C[C@@H]2[C@@H]3CCc4cc(O)ccc4[C@@H]3CC[C@]2(C)[C@]1([2H])O. The number of aliphatic hydroxyl groups is 1. The van der Waals surface area contributed by atoms with Crippen molar-refractivity contribution in [2.24, 2.45) is 17.3 Å². The van der Waals surface area contributed by atoms with Crippen LogP contribution in [0.15, 0.2) is 18.2 Å². The number of aryl methyl sites for hydroxylation is 1. The third kappa shape index (κ3) is 1.60. The van der Waals surface area contributed by atoms with Crippen LogP contribution in [0.25, 0.3) is 0 Å². The van der Waals surface area contributed by atoms with Gasteiger partial charge in [0, 0.05) is 2.74 Å². The summed E-state index contributed by atoms with van der Waals surface area (Å²) < 4.78 is 24.7. The van der Waals surface area contributed by atoms with E-state index in [9.17, 15) is 10.2 Å². The summed E-state index contributed by atoms with van der Waals surface area (Å²) in [4.78, 5) is 0. The predicted molar refractivity (Wildman–Crippen MR) is 78.7 cm³/mol. The number of phenolic OH excluding ortho intramolecular Hbond substituents is 1. The molecule has 0 radical (unpaired) electrons. The van der Waals surface area contributed by atoms with E-state index in [4.69, 9.17) is 4.11 Å². The molecule has 0 spiro atoms. The number of hydrogen-bond donors (Lipinski definition) is 2. The summed E-state index contributed by atoms with van der Waals surface area (Å²) in [6.45, 7) is 1.91. The lowest BCUT2D eigenvalue weighted by Gasteiger charge is -2.50. The van der Waals surface area contributed by atoms with Gasteiger partial charge in [0.15, 0.2) is 0 Å². The molecule has 4 rings (SSSR count). The summed E-state index contributed by atoms with van der Waals surface area (Å²) in [6.07, 6.45) is -0.185. The van der Waals surface area contributed by atoms with Crippen LogP contribution in [0.2, 0.25) is 0 Å². The van der Waals surface area contributed by atoms with Crippen molar-refractivity contribution < 1.29 is 14.3 Å². The van der Waals surface area contributed by atoms with E-state index in [-0.39, 0.29) is 12.3 Å². The zero-order valence-electron chi connectivity index (χ0n) is 14.9. The highest BCUT2D eigenvalue weighted by Crippen LogP contribution is 2.60. The van der Waals surface area contributed by atoms with E-state index < -0.39 is 17.9 Å². The van der Waals surface area contributed by atoms with Crippen molar-refractivity contribution >= 4 is 0 Å². The van der Waals surface area contributed by atoms with Crippen LogP contribution in [0.4, 0.5) is 0 Å². The number of aromatic hydroxyl groups is 1. The molecule has 2 fully saturated rings. The molecular formula is C18H24O2. The molecule has 2 heteroatoms. The highest BCUT2D eigenvalue weighted by molar-refractivity contribution is 5.40. The second kappa shape index (κ2) is 4.24. The molecule has 0 aromatic heterocycles. The quantitative estimate of drug-likeness (QED) is 0.759. The molecule has 1 aromatic rings. The summed E-state index contributed by atoms with van der Waals surface area (Å²) >= 11 is 0. The lowest BCUT2D eigenvalue weighted by Crippen LogP contribution is -2.43. The molecule has 5 atom stereocenters. The first kappa shape index (κ1) is 9.83. The first-order valence-electron chi connectivity index (χ1n) is 9.21. The predicted octanol–water partition coefficient (Wildman–Crippen LogP) is 3.61. The Morgan fingerprint density at radius 1 is 1.35 bits per heavy atom. The van der Waals surface area contributed by atoms with Crippen molar-refractivity contribution in [1.82, 2.24) is 0 Å².